The van der Waals surface area contributed by atoms with Crippen LogP contribution in [0.2, 0.25) is 0 Å². The van der Waals surface area contributed by atoms with E-state index in [1.807, 2.05) is 6.08 Å². The van der Waals surface area contributed by atoms with Crippen molar-refractivity contribution in [3.8, 4) is 0 Å². The minimum absolute atomic E-state index is 0.0718. The number of nitrogens with zero attached hydrogens (tertiary/aromatic N) is 3. The Morgan fingerprint density at radius 2 is 2.04 bits per heavy atom. The van der Waals surface area contributed by atoms with Crippen LogP contribution < -0.4 is 10.7 Å². The van der Waals surface area contributed by atoms with Gasteiger partial charge in [0.15, 0.2) is 0 Å². The summed E-state index contributed by atoms with van der Waals surface area (Å²) < 4.78 is 0. The van der Waals surface area contributed by atoms with E-state index in [4.69, 9.17) is 0 Å². The van der Waals surface area contributed by atoms with E-state index in [1.165, 1.54) is 11.1 Å². The number of likely N-dealkylation sites (N-methyl/N-ethyl adjacent to an activating group) is 1. The summed E-state index contributed by atoms with van der Waals surface area (Å²) in [7, 11) is 0. The number of aryl methyl sites for hydroxylation is 1. The normalized spacial score (nSPS) is 15.8. The summed E-state index contributed by atoms with van der Waals surface area (Å²) in [6.07, 6.45) is 7.62. The SMILES string of the molecule is CCNCCc1c(C)[nH]c(C=C2C(=O)NN=C2c2cnccn2)c1C(C)(C)C. The lowest BCUT2D eigenvalue weighted by Crippen LogP contribution is -2.20. The van der Waals surface area contributed by atoms with E-state index in [9.17, 15) is 4.79 Å². The van der Waals surface area contributed by atoms with Crippen molar-refractivity contribution >= 4 is 17.7 Å². The first-order valence-electron chi connectivity index (χ1n) is 9.62. The van der Waals surface area contributed by atoms with Crippen molar-refractivity contribution in [1.82, 2.24) is 25.7 Å². The lowest BCUT2D eigenvalue weighted by atomic mass is 9.82. The van der Waals surface area contributed by atoms with Gasteiger partial charge in [-0.25, -0.2) is 5.43 Å². The standard InChI is InChI=1S/C21H28N6O/c1-6-22-8-7-14-13(2)25-16(18(14)21(3,4)5)11-15-19(26-27-20(15)28)17-12-23-9-10-24-17/h9-12,22,25H,6-8H2,1-5H3,(H,27,28). The van der Waals surface area contributed by atoms with Gasteiger partial charge in [0.05, 0.1) is 11.8 Å². The molecule has 0 bridgehead atoms. The molecule has 0 saturated heterocycles. The molecule has 0 atom stereocenters. The number of H-pyrrole nitrogens is 1. The summed E-state index contributed by atoms with van der Waals surface area (Å²) in [6, 6.07) is 0. The number of rotatable bonds is 6. The average Bonchev–Trinajstić information content (AvgIpc) is 3.16. The van der Waals surface area contributed by atoms with Gasteiger partial charge < -0.3 is 10.3 Å². The van der Waals surface area contributed by atoms with Crippen molar-refractivity contribution < 1.29 is 4.79 Å². The van der Waals surface area contributed by atoms with Gasteiger partial charge in [0.2, 0.25) is 0 Å². The van der Waals surface area contributed by atoms with Gasteiger partial charge in [-0.1, -0.05) is 27.7 Å². The molecule has 0 fully saturated rings. The molecule has 0 aliphatic carbocycles. The third-order valence-electron chi connectivity index (χ3n) is 4.76. The Labute approximate surface area is 165 Å². The molecule has 0 spiro atoms. The lowest BCUT2D eigenvalue weighted by molar-refractivity contribution is -0.116. The molecule has 2 aromatic heterocycles. The first-order valence-corrected chi connectivity index (χ1v) is 9.62. The van der Waals surface area contributed by atoms with Gasteiger partial charge in [0.1, 0.15) is 11.4 Å². The van der Waals surface area contributed by atoms with Crippen LogP contribution in [0.25, 0.3) is 6.08 Å². The summed E-state index contributed by atoms with van der Waals surface area (Å²) in [5, 5.41) is 7.56. The Morgan fingerprint density at radius 1 is 1.25 bits per heavy atom. The third kappa shape index (κ3) is 4.04. The number of hydrazone groups is 1. The molecular weight excluding hydrogens is 352 g/mol. The number of carbonyl (C=O) groups excluding carboxylic acids is 1. The van der Waals surface area contributed by atoms with Gasteiger partial charge in [-0.05, 0) is 49.1 Å². The number of aromatic nitrogens is 3. The minimum Gasteiger partial charge on any atom is -0.359 e. The molecule has 7 heteroatoms. The highest BCUT2D eigenvalue weighted by Gasteiger charge is 2.29. The number of amides is 1. The number of hydrogen-bond donors (Lipinski definition) is 3. The molecule has 1 amide bonds. The topological polar surface area (TPSA) is 95.1 Å². The Kier molecular flexibility index (Phi) is 5.74. The van der Waals surface area contributed by atoms with Gasteiger partial charge in [0, 0.05) is 23.8 Å². The molecule has 28 heavy (non-hydrogen) atoms. The summed E-state index contributed by atoms with van der Waals surface area (Å²) in [4.78, 5) is 24.3. The third-order valence-corrected chi connectivity index (χ3v) is 4.76. The lowest BCUT2D eigenvalue weighted by Gasteiger charge is -2.22. The zero-order valence-corrected chi connectivity index (χ0v) is 17.2. The Balaban J connectivity index is 2.06. The molecule has 1 aliphatic rings. The summed E-state index contributed by atoms with van der Waals surface area (Å²) in [6.45, 7) is 12.6. The average molecular weight is 380 g/mol. The fraction of sp³-hybridized carbons (Fsp3) is 0.429. The highest BCUT2D eigenvalue weighted by Crippen LogP contribution is 2.33. The molecular formula is C21H28N6O. The first kappa shape index (κ1) is 19.9. The molecule has 1 aliphatic heterocycles. The molecule has 3 heterocycles. The van der Waals surface area contributed by atoms with Gasteiger partial charge in [-0.2, -0.15) is 5.10 Å². The maximum absolute atomic E-state index is 12.5. The van der Waals surface area contributed by atoms with Crippen molar-refractivity contribution in [2.24, 2.45) is 5.10 Å². The zero-order chi connectivity index (χ0) is 20.3. The van der Waals surface area contributed by atoms with E-state index in [0.717, 1.165) is 30.9 Å². The van der Waals surface area contributed by atoms with E-state index in [0.29, 0.717) is 17.0 Å². The molecule has 0 unspecified atom stereocenters. The molecule has 0 radical (unpaired) electrons. The number of carbonyl (C=O) groups is 1. The van der Waals surface area contributed by atoms with Crippen molar-refractivity contribution in [2.45, 2.75) is 46.5 Å². The van der Waals surface area contributed by atoms with Gasteiger partial charge >= 0.3 is 0 Å². The van der Waals surface area contributed by atoms with Crippen LogP contribution in [0, 0.1) is 6.92 Å². The van der Waals surface area contributed by atoms with Crippen molar-refractivity contribution in [1.29, 1.82) is 0 Å². The quantitative estimate of drug-likeness (QED) is 0.530. The largest absolute Gasteiger partial charge is 0.359 e. The van der Waals surface area contributed by atoms with Gasteiger partial charge in [0.25, 0.3) is 5.91 Å². The van der Waals surface area contributed by atoms with Crippen LogP contribution >= 0.6 is 0 Å². The second kappa shape index (κ2) is 8.06. The van der Waals surface area contributed by atoms with Crippen LogP contribution in [0.4, 0.5) is 0 Å². The van der Waals surface area contributed by atoms with Crippen LogP contribution in [0.1, 0.15) is 55.9 Å². The Bertz CT molecular complexity index is 918. The number of aromatic amines is 1. The Morgan fingerprint density at radius 3 is 2.68 bits per heavy atom. The first-order chi connectivity index (χ1) is 13.3. The van der Waals surface area contributed by atoms with E-state index in [2.05, 4.69) is 65.4 Å². The highest BCUT2D eigenvalue weighted by molar-refractivity contribution is 6.32. The van der Waals surface area contributed by atoms with Crippen LogP contribution in [-0.4, -0.2) is 39.7 Å². The molecule has 7 nitrogen and oxygen atoms in total. The number of nitrogens with one attached hydrogen (secondary N) is 3. The van der Waals surface area contributed by atoms with Crippen molar-refractivity contribution in [3.05, 3.63) is 52.4 Å². The van der Waals surface area contributed by atoms with E-state index >= 15 is 0 Å². The smallest absolute Gasteiger partial charge is 0.273 e. The molecule has 3 rings (SSSR count). The van der Waals surface area contributed by atoms with E-state index in [-0.39, 0.29) is 11.3 Å². The molecule has 3 N–H and O–H groups in total. The molecule has 0 aromatic carbocycles. The van der Waals surface area contributed by atoms with E-state index < -0.39 is 0 Å². The molecule has 2 aromatic rings. The second-order valence-electron chi connectivity index (χ2n) is 7.92. The molecule has 0 saturated carbocycles. The Hall–Kier alpha value is -2.80. The second-order valence-corrected chi connectivity index (χ2v) is 7.92. The van der Waals surface area contributed by atoms with Crippen LogP contribution in [0.5, 0.6) is 0 Å². The van der Waals surface area contributed by atoms with Crippen LogP contribution in [0.3, 0.4) is 0 Å². The summed E-state index contributed by atoms with van der Waals surface area (Å²) >= 11 is 0. The fourth-order valence-corrected chi connectivity index (χ4v) is 3.59. The van der Waals surface area contributed by atoms with Gasteiger partial charge in [-0.3, -0.25) is 14.8 Å². The van der Waals surface area contributed by atoms with Crippen LogP contribution in [-0.2, 0) is 16.6 Å². The maximum atomic E-state index is 12.5. The minimum atomic E-state index is -0.234. The maximum Gasteiger partial charge on any atom is 0.273 e. The highest BCUT2D eigenvalue weighted by atomic mass is 16.2. The monoisotopic (exact) mass is 380 g/mol. The fourth-order valence-electron chi connectivity index (χ4n) is 3.59. The zero-order valence-electron chi connectivity index (χ0n) is 17.2. The van der Waals surface area contributed by atoms with Crippen molar-refractivity contribution in [3.63, 3.8) is 0 Å². The number of hydrogen-bond acceptors (Lipinski definition) is 5. The summed E-state index contributed by atoms with van der Waals surface area (Å²) in [5.74, 6) is -0.234. The van der Waals surface area contributed by atoms with Crippen molar-refractivity contribution in [2.75, 3.05) is 13.1 Å². The predicted octanol–water partition coefficient (Wildman–Crippen LogP) is 2.48. The predicted molar refractivity (Wildman–Crippen MR) is 111 cm³/mol. The molecule has 148 valence electrons. The van der Waals surface area contributed by atoms with E-state index in [1.54, 1.807) is 18.6 Å². The van der Waals surface area contributed by atoms with Crippen LogP contribution in [0.15, 0.2) is 29.3 Å². The van der Waals surface area contributed by atoms with Gasteiger partial charge in [-0.15, -0.1) is 0 Å². The summed E-state index contributed by atoms with van der Waals surface area (Å²) in [5.41, 5.74) is 8.66.